The van der Waals surface area contributed by atoms with Crippen LogP contribution < -0.4 is 5.32 Å². The first-order valence-corrected chi connectivity index (χ1v) is 7.63. The SMILES string of the molecule is CCNC(Cc1ccc(F)c(Br)c1)c1cccc(C)c1. The van der Waals surface area contributed by atoms with Crippen LogP contribution in [0.5, 0.6) is 0 Å². The first-order chi connectivity index (χ1) is 9.60. The summed E-state index contributed by atoms with van der Waals surface area (Å²) in [6.45, 7) is 5.10. The lowest BCUT2D eigenvalue weighted by Gasteiger charge is -2.19. The second kappa shape index (κ2) is 7.00. The van der Waals surface area contributed by atoms with Crippen LogP contribution in [0, 0.1) is 12.7 Å². The van der Waals surface area contributed by atoms with Crippen molar-refractivity contribution in [1.82, 2.24) is 5.32 Å². The summed E-state index contributed by atoms with van der Waals surface area (Å²) in [5.41, 5.74) is 3.64. The molecule has 1 atom stereocenters. The summed E-state index contributed by atoms with van der Waals surface area (Å²) in [5.74, 6) is -0.218. The molecule has 0 aromatic heterocycles. The van der Waals surface area contributed by atoms with Gasteiger partial charge in [0.15, 0.2) is 0 Å². The lowest BCUT2D eigenvalue weighted by Crippen LogP contribution is -2.23. The van der Waals surface area contributed by atoms with Gasteiger partial charge in [0.2, 0.25) is 0 Å². The maximum atomic E-state index is 13.3. The van der Waals surface area contributed by atoms with Gasteiger partial charge in [0, 0.05) is 6.04 Å². The maximum absolute atomic E-state index is 13.3. The zero-order valence-electron chi connectivity index (χ0n) is 11.8. The molecular formula is C17H19BrFN. The molecule has 2 aromatic rings. The highest BCUT2D eigenvalue weighted by Crippen LogP contribution is 2.23. The first-order valence-electron chi connectivity index (χ1n) is 6.84. The van der Waals surface area contributed by atoms with Crippen molar-refractivity contribution in [2.24, 2.45) is 0 Å². The van der Waals surface area contributed by atoms with Gasteiger partial charge in [-0.05, 0) is 59.1 Å². The maximum Gasteiger partial charge on any atom is 0.137 e. The second-order valence-corrected chi connectivity index (χ2v) is 5.83. The normalized spacial score (nSPS) is 12.4. The predicted molar refractivity (Wildman–Crippen MR) is 85.4 cm³/mol. The van der Waals surface area contributed by atoms with Crippen molar-refractivity contribution in [3.8, 4) is 0 Å². The van der Waals surface area contributed by atoms with Gasteiger partial charge < -0.3 is 5.32 Å². The fourth-order valence-corrected chi connectivity index (χ4v) is 2.77. The summed E-state index contributed by atoms with van der Waals surface area (Å²) in [5, 5.41) is 3.50. The van der Waals surface area contributed by atoms with Crippen LogP contribution in [0.25, 0.3) is 0 Å². The first kappa shape index (κ1) is 15.2. The molecule has 3 heteroatoms. The molecule has 0 aliphatic heterocycles. The topological polar surface area (TPSA) is 12.0 Å². The Morgan fingerprint density at radius 2 is 2.00 bits per heavy atom. The Hall–Kier alpha value is -1.19. The van der Waals surface area contributed by atoms with Crippen molar-refractivity contribution in [2.45, 2.75) is 26.3 Å². The molecule has 0 radical (unpaired) electrons. The van der Waals surface area contributed by atoms with Gasteiger partial charge in [-0.1, -0.05) is 42.8 Å². The molecule has 0 saturated carbocycles. The monoisotopic (exact) mass is 335 g/mol. The summed E-state index contributed by atoms with van der Waals surface area (Å²) >= 11 is 3.25. The van der Waals surface area contributed by atoms with Gasteiger partial charge in [0.05, 0.1) is 4.47 Å². The highest BCUT2D eigenvalue weighted by Gasteiger charge is 2.12. The molecule has 0 aliphatic rings. The van der Waals surface area contributed by atoms with E-state index in [-0.39, 0.29) is 11.9 Å². The Morgan fingerprint density at radius 1 is 1.20 bits per heavy atom. The predicted octanol–water partition coefficient (Wildman–Crippen LogP) is 4.79. The van der Waals surface area contributed by atoms with E-state index in [1.165, 1.54) is 17.2 Å². The number of hydrogen-bond donors (Lipinski definition) is 1. The van der Waals surface area contributed by atoms with Gasteiger partial charge in [-0.25, -0.2) is 4.39 Å². The van der Waals surface area contributed by atoms with Gasteiger partial charge in [-0.15, -0.1) is 0 Å². The summed E-state index contributed by atoms with van der Waals surface area (Å²) < 4.78 is 13.8. The number of nitrogens with one attached hydrogen (secondary N) is 1. The molecule has 0 aliphatic carbocycles. The third-order valence-electron chi connectivity index (χ3n) is 3.32. The zero-order valence-corrected chi connectivity index (χ0v) is 13.4. The standard InChI is InChI=1S/C17H19BrFN/c1-3-20-17(14-6-4-5-12(2)9-14)11-13-7-8-16(19)15(18)10-13/h4-10,17,20H,3,11H2,1-2H3. The summed E-state index contributed by atoms with van der Waals surface area (Å²) in [6, 6.07) is 14.0. The largest absolute Gasteiger partial charge is 0.310 e. The third-order valence-corrected chi connectivity index (χ3v) is 3.93. The van der Waals surface area contributed by atoms with Gasteiger partial charge >= 0.3 is 0 Å². The number of benzene rings is 2. The van der Waals surface area contributed by atoms with Crippen LogP contribution in [0.4, 0.5) is 4.39 Å². The Kier molecular flexibility index (Phi) is 5.32. The zero-order chi connectivity index (χ0) is 14.5. The van der Waals surface area contributed by atoms with E-state index in [1.807, 2.05) is 12.1 Å². The number of aryl methyl sites for hydroxylation is 1. The molecular weight excluding hydrogens is 317 g/mol. The number of rotatable bonds is 5. The molecule has 1 nitrogen and oxygen atoms in total. The molecule has 0 fully saturated rings. The summed E-state index contributed by atoms with van der Waals surface area (Å²) in [6.07, 6.45) is 0.843. The van der Waals surface area contributed by atoms with E-state index in [1.54, 1.807) is 0 Å². The molecule has 1 N–H and O–H groups in total. The summed E-state index contributed by atoms with van der Waals surface area (Å²) in [4.78, 5) is 0. The van der Waals surface area contributed by atoms with E-state index < -0.39 is 0 Å². The van der Waals surface area contributed by atoms with E-state index in [0.29, 0.717) is 4.47 Å². The molecule has 0 spiro atoms. The quantitative estimate of drug-likeness (QED) is 0.828. The van der Waals surface area contributed by atoms with Crippen molar-refractivity contribution in [1.29, 1.82) is 0 Å². The Balaban J connectivity index is 2.22. The van der Waals surface area contributed by atoms with Crippen LogP contribution in [-0.4, -0.2) is 6.54 Å². The molecule has 106 valence electrons. The van der Waals surface area contributed by atoms with Crippen molar-refractivity contribution in [3.05, 3.63) is 69.4 Å². The Labute approximate surface area is 128 Å². The highest BCUT2D eigenvalue weighted by atomic mass is 79.9. The fraction of sp³-hybridized carbons (Fsp3) is 0.294. The van der Waals surface area contributed by atoms with E-state index in [4.69, 9.17) is 0 Å². The average Bonchev–Trinajstić information content (AvgIpc) is 2.42. The molecule has 0 amide bonds. The van der Waals surface area contributed by atoms with Crippen LogP contribution in [-0.2, 0) is 6.42 Å². The molecule has 2 aromatic carbocycles. The highest BCUT2D eigenvalue weighted by molar-refractivity contribution is 9.10. The average molecular weight is 336 g/mol. The van der Waals surface area contributed by atoms with E-state index in [2.05, 4.69) is 59.4 Å². The number of likely N-dealkylation sites (N-methyl/N-ethyl adjacent to an activating group) is 1. The smallest absolute Gasteiger partial charge is 0.137 e. The second-order valence-electron chi connectivity index (χ2n) is 4.98. The van der Waals surface area contributed by atoms with Gasteiger partial charge in [0.1, 0.15) is 5.82 Å². The fourth-order valence-electron chi connectivity index (χ4n) is 2.34. The van der Waals surface area contributed by atoms with Crippen molar-refractivity contribution in [2.75, 3.05) is 6.54 Å². The minimum Gasteiger partial charge on any atom is -0.310 e. The third kappa shape index (κ3) is 3.90. The molecule has 2 rings (SSSR count). The molecule has 20 heavy (non-hydrogen) atoms. The van der Waals surface area contributed by atoms with Crippen LogP contribution >= 0.6 is 15.9 Å². The van der Waals surface area contributed by atoms with Crippen LogP contribution in [0.1, 0.15) is 29.7 Å². The van der Waals surface area contributed by atoms with E-state index >= 15 is 0 Å². The van der Waals surface area contributed by atoms with Crippen molar-refractivity contribution < 1.29 is 4.39 Å². The lowest BCUT2D eigenvalue weighted by molar-refractivity contribution is 0.548. The van der Waals surface area contributed by atoms with E-state index in [0.717, 1.165) is 18.5 Å². The Morgan fingerprint density at radius 3 is 2.65 bits per heavy atom. The molecule has 0 saturated heterocycles. The van der Waals surface area contributed by atoms with Crippen LogP contribution in [0.2, 0.25) is 0 Å². The van der Waals surface area contributed by atoms with Crippen molar-refractivity contribution >= 4 is 15.9 Å². The molecule has 0 bridgehead atoms. The lowest BCUT2D eigenvalue weighted by atomic mass is 9.97. The number of halogens is 2. The van der Waals surface area contributed by atoms with E-state index in [9.17, 15) is 4.39 Å². The minimum absolute atomic E-state index is 0.218. The van der Waals surface area contributed by atoms with Gasteiger partial charge in [-0.3, -0.25) is 0 Å². The number of hydrogen-bond acceptors (Lipinski definition) is 1. The van der Waals surface area contributed by atoms with Gasteiger partial charge in [-0.2, -0.15) is 0 Å². The molecule has 0 heterocycles. The molecule has 1 unspecified atom stereocenters. The van der Waals surface area contributed by atoms with Crippen molar-refractivity contribution in [3.63, 3.8) is 0 Å². The minimum atomic E-state index is -0.218. The summed E-state index contributed by atoms with van der Waals surface area (Å²) in [7, 11) is 0. The Bertz CT molecular complexity index is 583. The van der Waals surface area contributed by atoms with Crippen LogP contribution in [0.15, 0.2) is 46.9 Å². The van der Waals surface area contributed by atoms with Crippen LogP contribution in [0.3, 0.4) is 0 Å². The van der Waals surface area contributed by atoms with Gasteiger partial charge in [0.25, 0.3) is 0 Å².